The molecule has 1 atom stereocenters. The van der Waals surface area contributed by atoms with Crippen LogP contribution in [0.15, 0.2) is 6.20 Å². The van der Waals surface area contributed by atoms with Gasteiger partial charge in [-0.15, -0.1) is 0 Å². The van der Waals surface area contributed by atoms with E-state index in [1.807, 2.05) is 31.5 Å². The summed E-state index contributed by atoms with van der Waals surface area (Å²) in [6, 6.07) is -0.0587. The van der Waals surface area contributed by atoms with Crippen molar-refractivity contribution in [3.8, 4) is 11.8 Å². The molecule has 0 fully saturated rings. The SMILES string of the molecule is CC(=O)N(C)C(C)C#CCn1c(C)cnc1C. The fourth-order valence-corrected chi connectivity index (χ4v) is 1.46. The number of aryl methyl sites for hydroxylation is 2. The largest absolute Gasteiger partial charge is 0.332 e. The lowest BCUT2D eigenvalue weighted by atomic mass is 10.3. The van der Waals surface area contributed by atoms with Gasteiger partial charge in [-0.2, -0.15) is 0 Å². The maximum Gasteiger partial charge on any atom is 0.220 e. The second-order valence-electron chi connectivity index (χ2n) is 4.16. The van der Waals surface area contributed by atoms with Crippen molar-refractivity contribution < 1.29 is 4.79 Å². The Balaban J connectivity index is 2.66. The molecule has 1 rings (SSSR count). The van der Waals surface area contributed by atoms with E-state index in [9.17, 15) is 4.79 Å². The molecule has 1 amide bonds. The van der Waals surface area contributed by atoms with Gasteiger partial charge in [-0.1, -0.05) is 11.8 Å². The first-order chi connectivity index (χ1) is 7.93. The van der Waals surface area contributed by atoms with Crippen LogP contribution in [0.4, 0.5) is 0 Å². The zero-order valence-corrected chi connectivity index (χ0v) is 11.1. The van der Waals surface area contributed by atoms with Crippen molar-refractivity contribution >= 4 is 5.91 Å². The lowest BCUT2D eigenvalue weighted by Gasteiger charge is -2.18. The molecule has 17 heavy (non-hydrogen) atoms. The second-order valence-corrected chi connectivity index (χ2v) is 4.16. The van der Waals surface area contributed by atoms with Gasteiger partial charge in [0, 0.05) is 25.9 Å². The molecule has 1 aromatic heterocycles. The van der Waals surface area contributed by atoms with Gasteiger partial charge in [-0.05, 0) is 20.8 Å². The van der Waals surface area contributed by atoms with Gasteiger partial charge in [0.1, 0.15) is 5.82 Å². The van der Waals surface area contributed by atoms with Crippen LogP contribution in [0.1, 0.15) is 25.4 Å². The Morgan fingerprint density at radius 3 is 2.71 bits per heavy atom. The quantitative estimate of drug-likeness (QED) is 0.724. The first-order valence-electron chi connectivity index (χ1n) is 5.64. The summed E-state index contributed by atoms with van der Waals surface area (Å²) in [4.78, 5) is 17.0. The van der Waals surface area contributed by atoms with Crippen LogP contribution in [0, 0.1) is 25.7 Å². The molecule has 0 saturated carbocycles. The molecule has 0 aliphatic rings. The Morgan fingerprint density at radius 1 is 1.59 bits per heavy atom. The Morgan fingerprint density at radius 2 is 2.24 bits per heavy atom. The second kappa shape index (κ2) is 5.53. The van der Waals surface area contributed by atoms with Gasteiger partial charge in [0.05, 0.1) is 12.6 Å². The summed E-state index contributed by atoms with van der Waals surface area (Å²) in [6.45, 7) is 8.05. The minimum absolute atomic E-state index is 0.0294. The van der Waals surface area contributed by atoms with Gasteiger partial charge in [-0.3, -0.25) is 4.79 Å². The molecule has 1 heterocycles. The fourth-order valence-electron chi connectivity index (χ4n) is 1.46. The van der Waals surface area contributed by atoms with Gasteiger partial charge in [0.25, 0.3) is 0 Å². The lowest BCUT2D eigenvalue weighted by Crippen LogP contribution is -2.32. The van der Waals surface area contributed by atoms with E-state index in [1.165, 1.54) is 0 Å². The molecule has 0 bridgehead atoms. The van der Waals surface area contributed by atoms with E-state index in [4.69, 9.17) is 0 Å². The Kier molecular flexibility index (Phi) is 4.33. The molecule has 0 radical (unpaired) electrons. The van der Waals surface area contributed by atoms with Crippen molar-refractivity contribution in [2.75, 3.05) is 7.05 Å². The van der Waals surface area contributed by atoms with Crippen LogP contribution >= 0.6 is 0 Å². The topological polar surface area (TPSA) is 38.1 Å². The highest BCUT2D eigenvalue weighted by molar-refractivity contribution is 5.73. The minimum atomic E-state index is -0.0587. The number of amides is 1. The van der Waals surface area contributed by atoms with Crippen LogP contribution in [0.25, 0.3) is 0 Å². The Labute approximate surface area is 103 Å². The molecule has 0 saturated heterocycles. The van der Waals surface area contributed by atoms with Crippen LogP contribution in [-0.4, -0.2) is 33.4 Å². The summed E-state index contributed by atoms with van der Waals surface area (Å²) in [5.41, 5.74) is 1.10. The monoisotopic (exact) mass is 233 g/mol. The van der Waals surface area contributed by atoms with Gasteiger partial charge in [0.15, 0.2) is 0 Å². The van der Waals surface area contributed by atoms with Crippen LogP contribution in [0.5, 0.6) is 0 Å². The number of imidazole rings is 1. The lowest BCUT2D eigenvalue weighted by molar-refractivity contribution is -0.128. The van der Waals surface area contributed by atoms with E-state index in [0.29, 0.717) is 6.54 Å². The third-order valence-corrected chi connectivity index (χ3v) is 2.88. The summed E-state index contributed by atoms with van der Waals surface area (Å²) in [5, 5.41) is 0. The highest BCUT2D eigenvalue weighted by Gasteiger charge is 2.07. The molecule has 0 aromatic carbocycles. The molecule has 0 aliphatic carbocycles. The average Bonchev–Trinajstić information content (AvgIpc) is 2.59. The normalized spacial score (nSPS) is 11.6. The molecular formula is C13H19N3O. The molecule has 0 aliphatic heterocycles. The van der Waals surface area contributed by atoms with Gasteiger partial charge in [-0.25, -0.2) is 4.98 Å². The van der Waals surface area contributed by atoms with Crippen molar-refractivity contribution in [2.24, 2.45) is 0 Å². The standard InChI is InChI=1S/C13H19N3O/c1-10(15(5)13(4)17)7-6-8-16-11(2)9-14-12(16)3/h9-10H,8H2,1-5H3. The van der Waals surface area contributed by atoms with E-state index in [1.54, 1.807) is 18.9 Å². The summed E-state index contributed by atoms with van der Waals surface area (Å²) in [5.74, 6) is 7.14. The van der Waals surface area contributed by atoms with E-state index < -0.39 is 0 Å². The summed E-state index contributed by atoms with van der Waals surface area (Å²) < 4.78 is 2.05. The summed E-state index contributed by atoms with van der Waals surface area (Å²) in [7, 11) is 1.76. The number of hydrogen-bond acceptors (Lipinski definition) is 2. The van der Waals surface area contributed by atoms with Crippen LogP contribution < -0.4 is 0 Å². The number of carbonyl (C=O) groups is 1. The molecule has 4 nitrogen and oxygen atoms in total. The number of hydrogen-bond donors (Lipinski definition) is 0. The van der Waals surface area contributed by atoms with E-state index in [-0.39, 0.29) is 11.9 Å². The van der Waals surface area contributed by atoms with Crippen molar-refractivity contribution in [2.45, 2.75) is 40.3 Å². The highest BCUT2D eigenvalue weighted by Crippen LogP contribution is 2.02. The fraction of sp³-hybridized carbons (Fsp3) is 0.538. The van der Waals surface area contributed by atoms with E-state index in [0.717, 1.165) is 11.5 Å². The van der Waals surface area contributed by atoms with Crippen LogP contribution in [-0.2, 0) is 11.3 Å². The molecular weight excluding hydrogens is 214 g/mol. The third-order valence-electron chi connectivity index (χ3n) is 2.88. The number of carbonyl (C=O) groups excluding carboxylic acids is 1. The molecule has 0 spiro atoms. The van der Waals surface area contributed by atoms with Crippen molar-refractivity contribution in [1.82, 2.24) is 14.5 Å². The van der Waals surface area contributed by atoms with Crippen molar-refractivity contribution in [3.05, 3.63) is 17.7 Å². The van der Waals surface area contributed by atoms with Crippen molar-refractivity contribution in [1.29, 1.82) is 0 Å². The molecule has 0 N–H and O–H groups in total. The number of nitrogens with zero attached hydrogens (tertiary/aromatic N) is 3. The number of rotatable bonds is 2. The van der Waals surface area contributed by atoms with Gasteiger partial charge >= 0.3 is 0 Å². The predicted octanol–water partition coefficient (Wildman–Crippen LogP) is 1.37. The van der Waals surface area contributed by atoms with Crippen LogP contribution in [0.2, 0.25) is 0 Å². The minimum Gasteiger partial charge on any atom is -0.332 e. The Hall–Kier alpha value is -1.76. The molecule has 4 heteroatoms. The summed E-state index contributed by atoms with van der Waals surface area (Å²) >= 11 is 0. The van der Waals surface area contributed by atoms with Gasteiger partial charge < -0.3 is 9.47 Å². The zero-order valence-electron chi connectivity index (χ0n) is 11.1. The number of aromatic nitrogens is 2. The zero-order chi connectivity index (χ0) is 13.0. The van der Waals surface area contributed by atoms with E-state index in [2.05, 4.69) is 16.8 Å². The summed E-state index contributed by atoms with van der Waals surface area (Å²) in [6.07, 6.45) is 1.84. The van der Waals surface area contributed by atoms with E-state index >= 15 is 0 Å². The predicted molar refractivity (Wildman–Crippen MR) is 67.4 cm³/mol. The average molecular weight is 233 g/mol. The van der Waals surface area contributed by atoms with Crippen LogP contribution in [0.3, 0.4) is 0 Å². The maximum atomic E-state index is 11.1. The maximum absolute atomic E-state index is 11.1. The smallest absolute Gasteiger partial charge is 0.220 e. The third kappa shape index (κ3) is 3.35. The molecule has 1 unspecified atom stereocenters. The molecule has 92 valence electrons. The van der Waals surface area contributed by atoms with Gasteiger partial charge in [0.2, 0.25) is 5.91 Å². The highest BCUT2D eigenvalue weighted by atomic mass is 16.2. The Bertz CT molecular complexity index is 445. The first kappa shape index (κ1) is 13.3. The first-order valence-corrected chi connectivity index (χ1v) is 5.64. The molecule has 1 aromatic rings. The van der Waals surface area contributed by atoms with Crippen molar-refractivity contribution in [3.63, 3.8) is 0 Å².